The van der Waals surface area contributed by atoms with E-state index in [0.29, 0.717) is 11.9 Å². The summed E-state index contributed by atoms with van der Waals surface area (Å²) in [5, 5.41) is 3.53. The van der Waals surface area contributed by atoms with Crippen molar-refractivity contribution < 1.29 is 4.79 Å². The van der Waals surface area contributed by atoms with Gasteiger partial charge in [0.1, 0.15) is 0 Å². The molecule has 0 radical (unpaired) electrons. The Morgan fingerprint density at radius 1 is 1.17 bits per heavy atom. The Bertz CT molecular complexity index is 316. The maximum atomic E-state index is 12.7. The average Bonchev–Trinajstić information content (AvgIpc) is 3.01. The molecule has 1 N–H and O–H groups in total. The first kappa shape index (κ1) is 12.5. The molecule has 18 heavy (non-hydrogen) atoms. The molecule has 1 atom stereocenters. The summed E-state index contributed by atoms with van der Waals surface area (Å²) in [4.78, 5) is 14.8. The van der Waals surface area contributed by atoms with Crippen LogP contribution in [0.5, 0.6) is 0 Å². The van der Waals surface area contributed by atoms with Gasteiger partial charge in [-0.15, -0.1) is 0 Å². The molecule has 1 aliphatic heterocycles. The zero-order valence-electron chi connectivity index (χ0n) is 11.6. The maximum absolute atomic E-state index is 12.7. The lowest BCUT2D eigenvalue weighted by Gasteiger charge is -2.34. The van der Waals surface area contributed by atoms with Gasteiger partial charge >= 0.3 is 0 Å². The lowest BCUT2D eigenvalue weighted by Crippen LogP contribution is -2.46. The van der Waals surface area contributed by atoms with Crippen molar-refractivity contribution >= 4 is 5.91 Å². The van der Waals surface area contributed by atoms with E-state index in [0.717, 1.165) is 25.4 Å². The Labute approximate surface area is 110 Å². The van der Waals surface area contributed by atoms with Crippen LogP contribution in [-0.2, 0) is 4.79 Å². The molecule has 2 saturated carbocycles. The fourth-order valence-corrected chi connectivity index (χ4v) is 4.23. The monoisotopic (exact) mass is 250 g/mol. The molecule has 1 saturated heterocycles. The molecule has 1 heterocycles. The van der Waals surface area contributed by atoms with Gasteiger partial charge in [-0.25, -0.2) is 0 Å². The molecule has 3 rings (SSSR count). The van der Waals surface area contributed by atoms with E-state index in [4.69, 9.17) is 0 Å². The Morgan fingerprint density at radius 2 is 1.83 bits per heavy atom. The van der Waals surface area contributed by atoms with E-state index in [1.165, 1.54) is 44.9 Å². The van der Waals surface area contributed by atoms with E-state index >= 15 is 0 Å². The van der Waals surface area contributed by atoms with Gasteiger partial charge in [0.25, 0.3) is 0 Å². The van der Waals surface area contributed by atoms with Crippen LogP contribution in [0, 0.1) is 5.92 Å². The van der Waals surface area contributed by atoms with Gasteiger partial charge in [0.15, 0.2) is 0 Å². The number of rotatable bonds is 2. The molecule has 0 aromatic rings. The number of carbonyl (C=O) groups is 1. The minimum atomic E-state index is -0.164. The summed E-state index contributed by atoms with van der Waals surface area (Å²) >= 11 is 0. The zero-order valence-corrected chi connectivity index (χ0v) is 11.6. The predicted molar refractivity (Wildman–Crippen MR) is 72.1 cm³/mol. The van der Waals surface area contributed by atoms with Crippen molar-refractivity contribution in [2.24, 2.45) is 5.92 Å². The molecular formula is C15H26N2O. The normalized spacial score (nSPS) is 30.3. The maximum Gasteiger partial charge on any atom is 0.244 e. The van der Waals surface area contributed by atoms with E-state index in [2.05, 4.69) is 17.1 Å². The van der Waals surface area contributed by atoms with Crippen LogP contribution in [0.25, 0.3) is 0 Å². The predicted octanol–water partition coefficient (Wildman–Crippen LogP) is 2.66. The van der Waals surface area contributed by atoms with Gasteiger partial charge in [-0.1, -0.05) is 32.1 Å². The van der Waals surface area contributed by atoms with Gasteiger partial charge in [-0.3, -0.25) is 10.1 Å². The van der Waals surface area contributed by atoms with Gasteiger partial charge in [-0.2, -0.15) is 0 Å². The van der Waals surface area contributed by atoms with Crippen molar-refractivity contribution in [2.75, 3.05) is 6.67 Å². The van der Waals surface area contributed by atoms with Crippen LogP contribution in [0.1, 0.15) is 64.7 Å². The number of nitrogens with one attached hydrogen (secondary N) is 1. The molecule has 0 bridgehead atoms. The number of amides is 1. The summed E-state index contributed by atoms with van der Waals surface area (Å²) < 4.78 is 0. The first-order chi connectivity index (χ1) is 8.73. The van der Waals surface area contributed by atoms with Crippen molar-refractivity contribution in [3.8, 4) is 0 Å². The highest BCUT2D eigenvalue weighted by Crippen LogP contribution is 2.37. The van der Waals surface area contributed by atoms with Gasteiger partial charge in [0.05, 0.1) is 12.2 Å². The van der Waals surface area contributed by atoms with Crippen LogP contribution in [0.4, 0.5) is 0 Å². The summed E-state index contributed by atoms with van der Waals surface area (Å²) in [5.74, 6) is 1.14. The van der Waals surface area contributed by atoms with E-state index in [-0.39, 0.29) is 5.54 Å². The standard InChI is InChI=1S/C15H26N2O/c1-12(13-7-3-2-4-8-13)17-11-16-15(14(17)18)9-5-6-10-15/h12-13,16H,2-11H2,1H3. The minimum Gasteiger partial charge on any atom is -0.325 e. The largest absolute Gasteiger partial charge is 0.325 e. The topological polar surface area (TPSA) is 32.3 Å². The second kappa shape index (κ2) is 4.84. The summed E-state index contributed by atoms with van der Waals surface area (Å²) in [7, 11) is 0. The molecule has 0 aromatic carbocycles. The third-order valence-electron chi connectivity index (χ3n) is 5.54. The molecule has 102 valence electrons. The van der Waals surface area contributed by atoms with Crippen molar-refractivity contribution in [1.82, 2.24) is 10.2 Å². The smallest absolute Gasteiger partial charge is 0.244 e. The van der Waals surface area contributed by atoms with Gasteiger partial charge in [0, 0.05) is 6.04 Å². The SMILES string of the molecule is CC(C1CCCCC1)N1CNC2(CCCC2)C1=O. The molecule has 1 amide bonds. The molecule has 3 aliphatic rings. The summed E-state index contributed by atoms with van der Waals surface area (Å²) in [6, 6.07) is 0.435. The lowest BCUT2D eigenvalue weighted by atomic mass is 9.83. The summed E-state index contributed by atoms with van der Waals surface area (Å²) in [6.07, 6.45) is 11.3. The van der Waals surface area contributed by atoms with Gasteiger partial charge < -0.3 is 4.90 Å². The van der Waals surface area contributed by atoms with Gasteiger partial charge in [0.2, 0.25) is 5.91 Å². The van der Waals surface area contributed by atoms with E-state index in [1.54, 1.807) is 0 Å². The lowest BCUT2D eigenvalue weighted by molar-refractivity contribution is -0.135. The van der Waals surface area contributed by atoms with Crippen LogP contribution in [-0.4, -0.2) is 29.1 Å². The molecule has 1 unspecified atom stereocenters. The highest BCUT2D eigenvalue weighted by molar-refractivity contribution is 5.88. The van der Waals surface area contributed by atoms with Crippen molar-refractivity contribution in [3.05, 3.63) is 0 Å². The highest BCUT2D eigenvalue weighted by Gasteiger charge is 2.49. The minimum absolute atomic E-state index is 0.164. The first-order valence-corrected chi connectivity index (χ1v) is 7.79. The quantitative estimate of drug-likeness (QED) is 0.817. The molecular weight excluding hydrogens is 224 g/mol. The van der Waals surface area contributed by atoms with Crippen LogP contribution in [0.3, 0.4) is 0 Å². The summed E-state index contributed by atoms with van der Waals surface area (Å²) in [6.45, 7) is 3.06. The van der Waals surface area contributed by atoms with Crippen molar-refractivity contribution in [1.29, 1.82) is 0 Å². The zero-order chi connectivity index (χ0) is 12.6. The van der Waals surface area contributed by atoms with E-state index in [9.17, 15) is 4.79 Å². The second-order valence-corrected chi connectivity index (χ2v) is 6.54. The molecule has 3 heteroatoms. The van der Waals surface area contributed by atoms with Crippen LogP contribution in [0.2, 0.25) is 0 Å². The molecule has 2 aliphatic carbocycles. The van der Waals surface area contributed by atoms with Crippen LogP contribution in [0.15, 0.2) is 0 Å². The van der Waals surface area contributed by atoms with E-state index < -0.39 is 0 Å². The van der Waals surface area contributed by atoms with Crippen molar-refractivity contribution in [3.63, 3.8) is 0 Å². The molecule has 3 fully saturated rings. The number of hydrogen-bond donors (Lipinski definition) is 1. The Hall–Kier alpha value is -0.570. The fraction of sp³-hybridized carbons (Fsp3) is 0.933. The molecule has 0 aromatic heterocycles. The van der Waals surface area contributed by atoms with Crippen LogP contribution >= 0.6 is 0 Å². The average molecular weight is 250 g/mol. The second-order valence-electron chi connectivity index (χ2n) is 6.54. The highest BCUT2D eigenvalue weighted by atomic mass is 16.2. The molecule has 3 nitrogen and oxygen atoms in total. The third kappa shape index (κ3) is 1.97. The van der Waals surface area contributed by atoms with Crippen LogP contribution < -0.4 is 5.32 Å². The fourth-order valence-electron chi connectivity index (χ4n) is 4.23. The number of nitrogens with zero attached hydrogens (tertiary/aromatic N) is 1. The van der Waals surface area contributed by atoms with Gasteiger partial charge in [-0.05, 0) is 38.5 Å². The Kier molecular flexibility index (Phi) is 3.35. The van der Waals surface area contributed by atoms with E-state index in [1.807, 2.05) is 0 Å². The first-order valence-electron chi connectivity index (χ1n) is 7.79. The molecule has 1 spiro atoms. The third-order valence-corrected chi connectivity index (χ3v) is 5.54. The van der Waals surface area contributed by atoms with Crippen molar-refractivity contribution in [2.45, 2.75) is 76.3 Å². The summed E-state index contributed by atoms with van der Waals surface area (Å²) in [5.41, 5.74) is -0.164. The number of carbonyl (C=O) groups excluding carboxylic acids is 1. The Morgan fingerprint density at radius 3 is 2.50 bits per heavy atom. The Balaban J connectivity index is 1.67. The number of hydrogen-bond acceptors (Lipinski definition) is 2.